The lowest BCUT2D eigenvalue weighted by Gasteiger charge is -2.40. The van der Waals surface area contributed by atoms with Gasteiger partial charge in [0.15, 0.2) is 0 Å². The van der Waals surface area contributed by atoms with E-state index < -0.39 is 6.04 Å². The molecule has 1 saturated heterocycles. The van der Waals surface area contributed by atoms with Crippen LogP contribution < -0.4 is 5.32 Å². The van der Waals surface area contributed by atoms with Gasteiger partial charge < -0.3 is 10.2 Å². The van der Waals surface area contributed by atoms with Gasteiger partial charge in [0.05, 0.1) is 0 Å². The SMILES string of the molecule is CNC(=O)[C@@H]1CN(C(=O)c2ccc(F)cc2)CCN1CCc1ccccc1. The van der Waals surface area contributed by atoms with Gasteiger partial charge in [-0.25, -0.2) is 4.39 Å². The van der Waals surface area contributed by atoms with Gasteiger partial charge in [0.1, 0.15) is 11.9 Å². The summed E-state index contributed by atoms with van der Waals surface area (Å²) in [7, 11) is 1.61. The molecular formula is C21H24FN3O2. The second-order valence-electron chi connectivity index (χ2n) is 6.66. The Kier molecular flexibility index (Phi) is 6.19. The second kappa shape index (κ2) is 8.77. The normalized spacial score (nSPS) is 17.6. The molecule has 1 N–H and O–H groups in total. The van der Waals surface area contributed by atoms with E-state index in [0.717, 1.165) is 13.0 Å². The summed E-state index contributed by atoms with van der Waals surface area (Å²) in [6.07, 6.45) is 0.847. The number of nitrogens with one attached hydrogen (secondary N) is 1. The Labute approximate surface area is 158 Å². The van der Waals surface area contributed by atoms with Gasteiger partial charge in [-0.2, -0.15) is 0 Å². The first kappa shape index (κ1) is 19.0. The van der Waals surface area contributed by atoms with E-state index in [4.69, 9.17) is 0 Å². The number of piperazine rings is 1. The zero-order chi connectivity index (χ0) is 19.2. The van der Waals surface area contributed by atoms with Crippen LogP contribution in [0, 0.1) is 5.82 Å². The van der Waals surface area contributed by atoms with E-state index in [1.165, 1.54) is 29.8 Å². The molecule has 5 nitrogen and oxygen atoms in total. The maximum absolute atomic E-state index is 13.1. The summed E-state index contributed by atoms with van der Waals surface area (Å²) in [6, 6.07) is 15.3. The smallest absolute Gasteiger partial charge is 0.253 e. The molecular weight excluding hydrogens is 345 g/mol. The molecule has 1 atom stereocenters. The molecule has 27 heavy (non-hydrogen) atoms. The lowest BCUT2D eigenvalue weighted by Crippen LogP contribution is -2.60. The molecule has 0 radical (unpaired) electrons. The Morgan fingerprint density at radius 1 is 1.07 bits per heavy atom. The Morgan fingerprint density at radius 3 is 2.44 bits per heavy atom. The first-order valence-corrected chi connectivity index (χ1v) is 9.13. The highest BCUT2D eigenvalue weighted by Crippen LogP contribution is 2.15. The Balaban J connectivity index is 1.67. The lowest BCUT2D eigenvalue weighted by atomic mass is 10.1. The molecule has 2 aromatic carbocycles. The number of hydrogen-bond donors (Lipinski definition) is 1. The van der Waals surface area contributed by atoms with Gasteiger partial charge in [0, 0.05) is 38.8 Å². The van der Waals surface area contributed by atoms with Gasteiger partial charge in [0.25, 0.3) is 5.91 Å². The van der Waals surface area contributed by atoms with Crippen molar-refractivity contribution in [3.05, 3.63) is 71.5 Å². The number of rotatable bonds is 5. The third kappa shape index (κ3) is 4.71. The topological polar surface area (TPSA) is 52.7 Å². The second-order valence-corrected chi connectivity index (χ2v) is 6.66. The van der Waals surface area contributed by atoms with Crippen LogP contribution in [0.4, 0.5) is 4.39 Å². The summed E-state index contributed by atoms with van der Waals surface area (Å²) in [4.78, 5) is 28.9. The fourth-order valence-corrected chi connectivity index (χ4v) is 3.38. The minimum absolute atomic E-state index is 0.0975. The molecule has 1 fully saturated rings. The zero-order valence-corrected chi connectivity index (χ0v) is 15.4. The predicted molar refractivity (Wildman–Crippen MR) is 102 cm³/mol. The monoisotopic (exact) mass is 369 g/mol. The van der Waals surface area contributed by atoms with Gasteiger partial charge >= 0.3 is 0 Å². The highest BCUT2D eigenvalue weighted by Gasteiger charge is 2.33. The van der Waals surface area contributed by atoms with Gasteiger partial charge in [-0.15, -0.1) is 0 Å². The molecule has 1 aliphatic heterocycles. The van der Waals surface area contributed by atoms with Gasteiger partial charge in [-0.3, -0.25) is 14.5 Å². The van der Waals surface area contributed by atoms with Crippen molar-refractivity contribution in [3.63, 3.8) is 0 Å². The van der Waals surface area contributed by atoms with E-state index in [9.17, 15) is 14.0 Å². The van der Waals surface area contributed by atoms with Gasteiger partial charge in [0.2, 0.25) is 5.91 Å². The van der Waals surface area contributed by atoms with E-state index in [-0.39, 0.29) is 17.6 Å². The van der Waals surface area contributed by atoms with E-state index >= 15 is 0 Å². The number of nitrogens with zero attached hydrogens (tertiary/aromatic N) is 2. The summed E-state index contributed by atoms with van der Waals surface area (Å²) in [5.41, 5.74) is 1.66. The van der Waals surface area contributed by atoms with Crippen LogP contribution in [0.25, 0.3) is 0 Å². The van der Waals surface area contributed by atoms with E-state index in [2.05, 4.69) is 22.3 Å². The van der Waals surface area contributed by atoms with E-state index in [0.29, 0.717) is 25.2 Å². The molecule has 0 saturated carbocycles. The highest BCUT2D eigenvalue weighted by molar-refractivity contribution is 5.95. The summed E-state index contributed by atoms with van der Waals surface area (Å²) in [5, 5.41) is 2.70. The summed E-state index contributed by atoms with van der Waals surface area (Å²) in [6.45, 7) is 2.24. The van der Waals surface area contributed by atoms with Crippen LogP contribution in [0.1, 0.15) is 15.9 Å². The first-order chi connectivity index (χ1) is 13.1. The van der Waals surface area contributed by atoms with Crippen molar-refractivity contribution in [1.29, 1.82) is 0 Å². The molecule has 2 amide bonds. The van der Waals surface area contributed by atoms with Gasteiger partial charge in [-0.1, -0.05) is 30.3 Å². The van der Waals surface area contributed by atoms with E-state index in [1.54, 1.807) is 11.9 Å². The summed E-state index contributed by atoms with van der Waals surface area (Å²) in [5.74, 6) is -0.646. The Hall–Kier alpha value is -2.73. The van der Waals surface area contributed by atoms with E-state index in [1.807, 2.05) is 18.2 Å². The molecule has 0 aromatic heterocycles. The number of likely N-dealkylation sites (N-methyl/N-ethyl adjacent to an activating group) is 1. The molecule has 1 aliphatic rings. The third-order valence-electron chi connectivity index (χ3n) is 4.95. The molecule has 0 spiro atoms. The molecule has 2 aromatic rings. The minimum Gasteiger partial charge on any atom is -0.358 e. The highest BCUT2D eigenvalue weighted by atomic mass is 19.1. The number of benzene rings is 2. The van der Waals surface area contributed by atoms with Gasteiger partial charge in [-0.05, 0) is 36.2 Å². The summed E-state index contributed by atoms with van der Waals surface area (Å²) < 4.78 is 13.1. The van der Waals surface area contributed by atoms with Crippen molar-refractivity contribution < 1.29 is 14.0 Å². The largest absolute Gasteiger partial charge is 0.358 e. The first-order valence-electron chi connectivity index (χ1n) is 9.13. The molecule has 0 bridgehead atoms. The average Bonchev–Trinajstić information content (AvgIpc) is 2.72. The zero-order valence-electron chi connectivity index (χ0n) is 15.4. The molecule has 6 heteroatoms. The van der Waals surface area contributed by atoms with Crippen molar-refractivity contribution in [2.45, 2.75) is 12.5 Å². The quantitative estimate of drug-likeness (QED) is 0.876. The van der Waals surface area contributed by atoms with Crippen LogP contribution in [0.2, 0.25) is 0 Å². The molecule has 1 heterocycles. The van der Waals surface area contributed by atoms with Crippen molar-refractivity contribution >= 4 is 11.8 Å². The average molecular weight is 369 g/mol. The van der Waals surface area contributed by atoms with Crippen LogP contribution in [0.3, 0.4) is 0 Å². The number of carbonyl (C=O) groups excluding carboxylic acids is 2. The summed E-state index contributed by atoms with van der Waals surface area (Å²) >= 11 is 0. The fraction of sp³-hybridized carbons (Fsp3) is 0.333. The van der Waals surface area contributed by atoms with Crippen molar-refractivity contribution in [1.82, 2.24) is 15.1 Å². The fourth-order valence-electron chi connectivity index (χ4n) is 3.38. The van der Waals surface area contributed by atoms with Crippen LogP contribution >= 0.6 is 0 Å². The minimum atomic E-state index is -0.392. The maximum atomic E-state index is 13.1. The number of carbonyl (C=O) groups is 2. The van der Waals surface area contributed by atoms with Crippen LogP contribution in [-0.4, -0.2) is 60.9 Å². The van der Waals surface area contributed by atoms with Crippen LogP contribution in [-0.2, 0) is 11.2 Å². The molecule has 0 unspecified atom stereocenters. The third-order valence-corrected chi connectivity index (χ3v) is 4.95. The van der Waals surface area contributed by atoms with Crippen LogP contribution in [0.15, 0.2) is 54.6 Å². The standard InChI is InChI=1S/C21H24FN3O2/c1-23-20(26)19-15-25(21(27)17-7-9-18(22)10-8-17)14-13-24(19)12-11-16-5-3-2-4-6-16/h2-10,19H,11-15H2,1H3,(H,23,26)/t19-/m0/s1. The Bertz CT molecular complexity index is 780. The molecule has 142 valence electrons. The molecule has 0 aliphatic carbocycles. The molecule has 3 rings (SSSR count). The van der Waals surface area contributed by atoms with Crippen LogP contribution in [0.5, 0.6) is 0 Å². The number of hydrogen-bond acceptors (Lipinski definition) is 3. The van der Waals surface area contributed by atoms with Crippen molar-refractivity contribution in [3.8, 4) is 0 Å². The number of amides is 2. The van der Waals surface area contributed by atoms with Crippen molar-refractivity contribution in [2.75, 3.05) is 33.2 Å². The lowest BCUT2D eigenvalue weighted by molar-refractivity contribution is -0.127. The predicted octanol–water partition coefficient (Wildman–Crippen LogP) is 1.94. The maximum Gasteiger partial charge on any atom is 0.253 e. The Morgan fingerprint density at radius 2 is 1.78 bits per heavy atom. The van der Waals surface area contributed by atoms with Crippen molar-refractivity contribution in [2.24, 2.45) is 0 Å². The number of halogens is 1.